The highest BCUT2D eigenvalue weighted by Gasteiger charge is 2.20. The molecule has 1 N–H and O–H groups in total. The number of H-pyrrole nitrogens is 1. The number of nitrogens with zero attached hydrogens (tertiary/aromatic N) is 3. The van der Waals surface area contributed by atoms with Gasteiger partial charge in [0.2, 0.25) is 0 Å². The minimum absolute atomic E-state index is 0.323. The molecule has 3 heterocycles. The Bertz CT molecular complexity index is 687. The topological polar surface area (TPSA) is 61.5 Å². The molecule has 2 aromatic heterocycles. The first-order valence-electron chi connectivity index (χ1n) is 8.23. The van der Waals surface area contributed by atoms with Gasteiger partial charge < -0.3 is 14.6 Å². The molecule has 0 amide bonds. The third-order valence-electron chi connectivity index (χ3n) is 4.35. The quantitative estimate of drug-likeness (QED) is 0.877. The second-order valence-corrected chi connectivity index (χ2v) is 6.15. The number of rotatable bonds is 4. The van der Waals surface area contributed by atoms with Crippen molar-refractivity contribution in [3.63, 3.8) is 0 Å². The van der Waals surface area contributed by atoms with Gasteiger partial charge >= 0.3 is 5.97 Å². The Kier molecular flexibility index (Phi) is 4.52. The highest BCUT2D eigenvalue weighted by Crippen LogP contribution is 2.22. The van der Waals surface area contributed by atoms with Gasteiger partial charge in [0.05, 0.1) is 18.3 Å². The van der Waals surface area contributed by atoms with E-state index in [1.807, 2.05) is 12.1 Å². The molecule has 2 aromatic rings. The van der Waals surface area contributed by atoms with E-state index < -0.39 is 0 Å². The largest absolute Gasteiger partial charge is 0.461 e. The van der Waals surface area contributed by atoms with E-state index in [2.05, 4.69) is 33.6 Å². The molecule has 0 atom stereocenters. The van der Waals surface area contributed by atoms with Gasteiger partial charge in [-0.15, -0.1) is 0 Å². The standard InChI is InChI=1S/C17H24N4O2/c1-4-23-17(22)14-9-13-10-16(18-11-15(13)19-14)21-7-5-20(6-8-21)12(2)3/h9-12,19H,4-8H2,1-3H3. The van der Waals surface area contributed by atoms with Crippen LogP contribution in [0.2, 0.25) is 0 Å². The maximum Gasteiger partial charge on any atom is 0.354 e. The monoisotopic (exact) mass is 316 g/mol. The van der Waals surface area contributed by atoms with Crippen molar-refractivity contribution >= 4 is 22.7 Å². The molecule has 6 heteroatoms. The number of piperazine rings is 1. The van der Waals surface area contributed by atoms with Crippen molar-refractivity contribution in [2.24, 2.45) is 0 Å². The molecule has 0 saturated carbocycles. The van der Waals surface area contributed by atoms with Gasteiger partial charge in [0.25, 0.3) is 0 Å². The van der Waals surface area contributed by atoms with E-state index in [9.17, 15) is 4.79 Å². The molecule has 124 valence electrons. The van der Waals surface area contributed by atoms with Gasteiger partial charge in [-0.2, -0.15) is 0 Å². The summed E-state index contributed by atoms with van der Waals surface area (Å²) in [7, 11) is 0. The lowest BCUT2D eigenvalue weighted by molar-refractivity contribution is 0.0520. The number of carbonyl (C=O) groups excluding carboxylic acids is 1. The van der Waals surface area contributed by atoms with Crippen molar-refractivity contribution in [2.45, 2.75) is 26.8 Å². The molecule has 0 aliphatic carbocycles. The zero-order valence-corrected chi connectivity index (χ0v) is 14.0. The minimum Gasteiger partial charge on any atom is -0.461 e. The number of aromatic amines is 1. The SMILES string of the molecule is CCOC(=O)c1cc2cc(N3CCN(C(C)C)CC3)ncc2[nH]1. The van der Waals surface area contributed by atoms with Crippen molar-refractivity contribution in [3.8, 4) is 0 Å². The maximum atomic E-state index is 11.8. The lowest BCUT2D eigenvalue weighted by atomic mass is 10.2. The van der Waals surface area contributed by atoms with E-state index in [-0.39, 0.29) is 5.97 Å². The molecule has 1 aliphatic heterocycles. The van der Waals surface area contributed by atoms with Crippen LogP contribution < -0.4 is 4.90 Å². The van der Waals surface area contributed by atoms with Crippen molar-refractivity contribution in [1.29, 1.82) is 0 Å². The normalized spacial score (nSPS) is 16.3. The van der Waals surface area contributed by atoms with Crippen molar-refractivity contribution < 1.29 is 9.53 Å². The van der Waals surface area contributed by atoms with Gasteiger partial charge in [-0.1, -0.05) is 0 Å². The van der Waals surface area contributed by atoms with Crippen LogP contribution >= 0.6 is 0 Å². The summed E-state index contributed by atoms with van der Waals surface area (Å²) in [6, 6.07) is 4.46. The fourth-order valence-corrected chi connectivity index (χ4v) is 2.98. The maximum absolute atomic E-state index is 11.8. The number of pyridine rings is 1. The molecule has 1 fully saturated rings. The average molecular weight is 316 g/mol. The van der Waals surface area contributed by atoms with Crippen LogP contribution in [-0.4, -0.2) is 59.7 Å². The first-order valence-corrected chi connectivity index (χ1v) is 8.23. The fourth-order valence-electron chi connectivity index (χ4n) is 2.98. The number of ether oxygens (including phenoxy) is 1. The second kappa shape index (κ2) is 6.58. The van der Waals surface area contributed by atoms with E-state index in [0.717, 1.165) is 42.9 Å². The molecule has 1 saturated heterocycles. The Morgan fingerprint density at radius 1 is 1.30 bits per heavy atom. The fraction of sp³-hybridized carbons (Fsp3) is 0.529. The van der Waals surface area contributed by atoms with Crippen LogP contribution in [0.3, 0.4) is 0 Å². The molecule has 0 unspecified atom stereocenters. The molecular weight excluding hydrogens is 292 g/mol. The van der Waals surface area contributed by atoms with Crippen LogP contribution in [0.5, 0.6) is 0 Å². The number of fused-ring (bicyclic) bond motifs is 1. The lowest BCUT2D eigenvalue weighted by Gasteiger charge is -2.37. The summed E-state index contributed by atoms with van der Waals surface area (Å²) >= 11 is 0. The molecule has 1 aliphatic rings. The zero-order chi connectivity index (χ0) is 16.4. The molecule has 6 nitrogen and oxygen atoms in total. The molecule has 0 aromatic carbocycles. The van der Waals surface area contributed by atoms with Gasteiger partial charge in [-0.3, -0.25) is 4.90 Å². The molecule has 0 radical (unpaired) electrons. The predicted molar refractivity (Wildman–Crippen MR) is 91.0 cm³/mol. The van der Waals surface area contributed by atoms with Gasteiger partial charge in [-0.25, -0.2) is 9.78 Å². The summed E-state index contributed by atoms with van der Waals surface area (Å²) in [4.78, 5) is 24.2. The van der Waals surface area contributed by atoms with Crippen molar-refractivity contribution in [2.75, 3.05) is 37.7 Å². The van der Waals surface area contributed by atoms with Gasteiger partial charge in [0.1, 0.15) is 11.5 Å². The van der Waals surface area contributed by atoms with Crippen LogP contribution in [-0.2, 0) is 4.74 Å². The number of nitrogens with one attached hydrogen (secondary N) is 1. The number of aromatic nitrogens is 2. The van der Waals surface area contributed by atoms with Crippen LogP contribution in [0.4, 0.5) is 5.82 Å². The van der Waals surface area contributed by atoms with Crippen molar-refractivity contribution in [3.05, 3.63) is 24.0 Å². The minimum atomic E-state index is -0.323. The first-order chi connectivity index (χ1) is 11.1. The summed E-state index contributed by atoms with van der Waals surface area (Å²) in [6.07, 6.45) is 1.79. The Morgan fingerprint density at radius 2 is 2.04 bits per heavy atom. The van der Waals surface area contributed by atoms with Crippen LogP contribution in [0, 0.1) is 0 Å². The Balaban J connectivity index is 1.77. The van der Waals surface area contributed by atoms with E-state index in [1.165, 1.54) is 0 Å². The summed E-state index contributed by atoms with van der Waals surface area (Å²) in [5.41, 5.74) is 1.34. The summed E-state index contributed by atoms with van der Waals surface area (Å²) in [5, 5.41) is 0.990. The molecule has 23 heavy (non-hydrogen) atoms. The highest BCUT2D eigenvalue weighted by molar-refractivity contribution is 5.95. The predicted octanol–water partition coefficient (Wildman–Crippen LogP) is 2.27. The summed E-state index contributed by atoms with van der Waals surface area (Å²) < 4.78 is 5.03. The number of hydrogen-bond acceptors (Lipinski definition) is 5. The van der Waals surface area contributed by atoms with Gasteiger partial charge in [0, 0.05) is 37.6 Å². The van der Waals surface area contributed by atoms with Crippen LogP contribution in [0.1, 0.15) is 31.3 Å². The molecule has 3 rings (SSSR count). The second-order valence-electron chi connectivity index (χ2n) is 6.15. The molecule has 0 bridgehead atoms. The van der Waals surface area contributed by atoms with E-state index in [0.29, 0.717) is 18.3 Å². The Morgan fingerprint density at radius 3 is 2.70 bits per heavy atom. The van der Waals surface area contributed by atoms with Gasteiger partial charge in [-0.05, 0) is 32.9 Å². The number of hydrogen-bond donors (Lipinski definition) is 1. The third-order valence-corrected chi connectivity index (χ3v) is 4.35. The summed E-state index contributed by atoms with van der Waals surface area (Å²) in [6.45, 7) is 10.7. The highest BCUT2D eigenvalue weighted by atomic mass is 16.5. The van der Waals surface area contributed by atoms with E-state index >= 15 is 0 Å². The Hall–Kier alpha value is -2.08. The molecular formula is C17H24N4O2. The average Bonchev–Trinajstić information content (AvgIpc) is 2.98. The number of anilines is 1. The summed E-state index contributed by atoms with van der Waals surface area (Å²) in [5.74, 6) is 0.645. The van der Waals surface area contributed by atoms with Crippen LogP contribution in [0.25, 0.3) is 10.9 Å². The van der Waals surface area contributed by atoms with E-state index in [4.69, 9.17) is 4.74 Å². The van der Waals surface area contributed by atoms with Gasteiger partial charge in [0.15, 0.2) is 0 Å². The molecule has 0 spiro atoms. The van der Waals surface area contributed by atoms with Crippen LogP contribution in [0.15, 0.2) is 18.3 Å². The first kappa shape index (κ1) is 15.8. The Labute approximate surface area is 136 Å². The number of carbonyl (C=O) groups is 1. The zero-order valence-electron chi connectivity index (χ0n) is 14.0. The lowest BCUT2D eigenvalue weighted by Crippen LogP contribution is -2.49. The van der Waals surface area contributed by atoms with Crippen molar-refractivity contribution in [1.82, 2.24) is 14.9 Å². The number of esters is 1. The smallest absolute Gasteiger partial charge is 0.354 e. The van der Waals surface area contributed by atoms with E-state index in [1.54, 1.807) is 13.1 Å². The third kappa shape index (κ3) is 3.32.